The van der Waals surface area contributed by atoms with Crippen molar-refractivity contribution in [3.05, 3.63) is 0 Å². The highest BCUT2D eigenvalue weighted by molar-refractivity contribution is 7.99. The summed E-state index contributed by atoms with van der Waals surface area (Å²) in [5.74, 6) is 2.66. The maximum Gasteiger partial charge on any atom is 0.00204 e. The van der Waals surface area contributed by atoms with Gasteiger partial charge in [-0.05, 0) is 43.1 Å². The second-order valence-corrected chi connectivity index (χ2v) is 7.92. The zero-order valence-electron chi connectivity index (χ0n) is 11.0. The van der Waals surface area contributed by atoms with E-state index in [2.05, 4.69) is 44.4 Å². The molecule has 0 spiro atoms. The van der Waals surface area contributed by atoms with Gasteiger partial charge in [0.15, 0.2) is 0 Å². The predicted octanol–water partition coefficient (Wildman–Crippen LogP) is 3.58. The molecule has 1 unspecified atom stereocenters. The van der Waals surface area contributed by atoms with E-state index >= 15 is 0 Å². The first kappa shape index (κ1) is 15.7. The van der Waals surface area contributed by atoms with Crippen LogP contribution in [0, 0.1) is 0 Å². The van der Waals surface area contributed by atoms with Gasteiger partial charge in [0.05, 0.1) is 0 Å². The molecule has 1 atom stereocenters. The van der Waals surface area contributed by atoms with Crippen molar-refractivity contribution >= 4 is 19.7 Å². The standard InChI is InChI=1S/C12H28NPS/c1-5-13(6-2)9-10-14(7-3)11-12-15-8-4/h5-12H2,1-4H3. The summed E-state index contributed by atoms with van der Waals surface area (Å²) < 4.78 is 0. The quantitative estimate of drug-likeness (QED) is 0.430. The molecule has 0 aromatic rings. The Kier molecular flexibility index (Phi) is 11.8. The molecule has 15 heavy (non-hydrogen) atoms. The molecule has 0 fully saturated rings. The number of hydrogen-bond acceptors (Lipinski definition) is 2. The molecule has 0 aliphatic rings. The van der Waals surface area contributed by atoms with E-state index in [1.165, 1.54) is 49.6 Å². The summed E-state index contributed by atoms with van der Waals surface area (Å²) in [5, 5.41) is 0. The minimum absolute atomic E-state index is 0.324. The SMILES string of the molecule is CCSCCP(CC)CCN(CC)CC. The lowest BCUT2D eigenvalue weighted by Gasteiger charge is -2.22. The minimum Gasteiger partial charge on any atom is -0.304 e. The van der Waals surface area contributed by atoms with Crippen molar-refractivity contribution in [1.29, 1.82) is 0 Å². The van der Waals surface area contributed by atoms with E-state index < -0.39 is 0 Å². The normalized spacial score (nSPS) is 13.4. The summed E-state index contributed by atoms with van der Waals surface area (Å²) >= 11 is 2.10. The third-order valence-corrected chi connectivity index (χ3v) is 6.62. The van der Waals surface area contributed by atoms with Crippen LogP contribution in [0.2, 0.25) is 0 Å². The smallest absolute Gasteiger partial charge is 0.00204 e. The van der Waals surface area contributed by atoms with E-state index in [-0.39, 0.29) is 0 Å². The fraction of sp³-hybridized carbons (Fsp3) is 1.00. The Hall–Kier alpha value is 0.740. The molecular formula is C12H28NPS. The lowest BCUT2D eigenvalue weighted by atomic mass is 10.5. The van der Waals surface area contributed by atoms with Crippen LogP contribution >= 0.6 is 19.7 Å². The topological polar surface area (TPSA) is 3.24 Å². The average Bonchev–Trinajstić information content (AvgIpc) is 2.28. The van der Waals surface area contributed by atoms with Gasteiger partial charge in [0.2, 0.25) is 0 Å². The zero-order chi connectivity index (χ0) is 11.5. The number of thioether (sulfide) groups is 1. The summed E-state index contributed by atoms with van der Waals surface area (Å²) in [7, 11) is 0.324. The van der Waals surface area contributed by atoms with E-state index in [1.54, 1.807) is 0 Å². The van der Waals surface area contributed by atoms with Gasteiger partial charge < -0.3 is 4.90 Å². The van der Waals surface area contributed by atoms with Crippen molar-refractivity contribution < 1.29 is 0 Å². The molecule has 0 bridgehead atoms. The molecule has 0 N–H and O–H groups in total. The summed E-state index contributed by atoms with van der Waals surface area (Å²) in [5.41, 5.74) is 0. The molecule has 0 aliphatic carbocycles. The molecule has 0 saturated carbocycles. The van der Waals surface area contributed by atoms with Crippen LogP contribution in [0.4, 0.5) is 0 Å². The van der Waals surface area contributed by atoms with Crippen LogP contribution < -0.4 is 0 Å². The molecule has 0 saturated heterocycles. The first-order valence-electron chi connectivity index (χ1n) is 6.30. The highest BCUT2D eigenvalue weighted by Crippen LogP contribution is 2.35. The van der Waals surface area contributed by atoms with Gasteiger partial charge in [-0.25, -0.2) is 0 Å². The predicted molar refractivity (Wildman–Crippen MR) is 78.0 cm³/mol. The van der Waals surface area contributed by atoms with Crippen LogP contribution in [-0.4, -0.2) is 54.5 Å². The first-order chi connectivity index (χ1) is 7.28. The van der Waals surface area contributed by atoms with E-state index in [4.69, 9.17) is 0 Å². The lowest BCUT2D eigenvalue weighted by Crippen LogP contribution is -2.26. The van der Waals surface area contributed by atoms with Crippen LogP contribution in [0.15, 0.2) is 0 Å². The summed E-state index contributed by atoms with van der Waals surface area (Å²) in [6.07, 6.45) is 4.35. The third kappa shape index (κ3) is 8.54. The molecule has 3 heteroatoms. The Labute approximate surface area is 102 Å². The van der Waals surface area contributed by atoms with Crippen molar-refractivity contribution in [2.45, 2.75) is 27.7 Å². The van der Waals surface area contributed by atoms with Crippen molar-refractivity contribution in [3.8, 4) is 0 Å². The van der Waals surface area contributed by atoms with Crippen LogP contribution in [0.1, 0.15) is 27.7 Å². The minimum atomic E-state index is 0.324. The maximum atomic E-state index is 2.55. The molecule has 1 nitrogen and oxygen atoms in total. The highest BCUT2D eigenvalue weighted by Gasteiger charge is 2.07. The van der Waals surface area contributed by atoms with Gasteiger partial charge in [0.25, 0.3) is 0 Å². The van der Waals surface area contributed by atoms with Gasteiger partial charge in [0.1, 0.15) is 0 Å². The third-order valence-electron chi connectivity index (χ3n) is 2.83. The molecule has 0 radical (unpaired) electrons. The average molecular weight is 249 g/mol. The van der Waals surface area contributed by atoms with Gasteiger partial charge in [-0.2, -0.15) is 11.8 Å². The molecule has 0 heterocycles. The van der Waals surface area contributed by atoms with Crippen molar-refractivity contribution in [2.24, 2.45) is 0 Å². The molecular weight excluding hydrogens is 221 g/mol. The summed E-state index contributed by atoms with van der Waals surface area (Å²) in [4.78, 5) is 2.55. The summed E-state index contributed by atoms with van der Waals surface area (Å²) in [6.45, 7) is 12.9. The zero-order valence-corrected chi connectivity index (χ0v) is 12.7. The Morgan fingerprint density at radius 1 is 1.00 bits per heavy atom. The van der Waals surface area contributed by atoms with Gasteiger partial charge in [-0.15, -0.1) is 7.92 Å². The molecule has 0 aliphatic heterocycles. The van der Waals surface area contributed by atoms with E-state index in [9.17, 15) is 0 Å². The van der Waals surface area contributed by atoms with Gasteiger partial charge >= 0.3 is 0 Å². The maximum absolute atomic E-state index is 2.55. The van der Waals surface area contributed by atoms with Crippen molar-refractivity contribution in [3.63, 3.8) is 0 Å². The molecule has 0 aromatic heterocycles. The van der Waals surface area contributed by atoms with Crippen LogP contribution in [-0.2, 0) is 0 Å². The monoisotopic (exact) mass is 249 g/mol. The lowest BCUT2D eigenvalue weighted by molar-refractivity contribution is 0.323. The van der Waals surface area contributed by atoms with Gasteiger partial charge in [0, 0.05) is 6.54 Å². The van der Waals surface area contributed by atoms with Crippen LogP contribution in [0.25, 0.3) is 0 Å². The van der Waals surface area contributed by atoms with Crippen LogP contribution in [0.5, 0.6) is 0 Å². The first-order valence-corrected chi connectivity index (χ1v) is 9.36. The van der Waals surface area contributed by atoms with Gasteiger partial charge in [-0.3, -0.25) is 0 Å². The number of hydrogen-bond donors (Lipinski definition) is 0. The fourth-order valence-electron chi connectivity index (χ4n) is 1.59. The molecule has 0 rings (SSSR count). The Balaban J connectivity index is 3.59. The van der Waals surface area contributed by atoms with Crippen molar-refractivity contribution in [1.82, 2.24) is 4.90 Å². The Morgan fingerprint density at radius 3 is 2.13 bits per heavy atom. The van der Waals surface area contributed by atoms with E-state index in [0.29, 0.717) is 7.92 Å². The van der Waals surface area contributed by atoms with E-state index in [1.807, 2.05) is 0 Å². The Bertz CT molecular complexity index is 129. The molecule has 0 aromatic carbocycles. The molecule has 92 valence electrons. The highest BCUT2D eigenvalue weighted by atomic mass is 32.2. The largest absolute Gasteiger partial charge is 0.304 e. The Morgan fingerprint density at radius 2 is 1.67 bits per heavy atom. The fourth-order valence-corrected chi connectivity index (χ4v) is 4.85. The second-order valence-electron chi connectivity index (χ2n) is 3.66. The van der Waals surface area contributed by atoms with Crippen molar-refractivity contribution in [2.75, 3.05) is 49.6 Å². The number of nitrogens with zero attached hydrogens (tertiary/aromatic N) is 1. The molecule has 0 amide bonds. The summed E-state index contributed by atoms with van der Waals surface area (Å²) in [6, 6.07) is 0. The van der Waals surface area contributed by atoms with Gasteiger partial charge in [-0.1, -0.05) is 27.7 Å². The second kappa shape index (κ2) is 11.2. The van der Waals surface area contributed by atoms with Crippen LogP contribution in [0.3, 0.4) is 0 Å². The van der Waals surface area contributed by atoms with E-state index in [0.717, 1.165) is 0 Å². The number of rotatable bonds is 10.